The van der Waals surface area contributed by atoms with Crippen LogP contribution in [0.3, 0.4) is 0 Å². The molecule has 0 bridgehead atoms. The fourth-order valence-electron chi connectivity index (χ4n) is 2.84. The molecule has 34 heavy (non-hydrogen) atoms. The summed E-state index contributed by atoms with van der Waals surface area (Å²) in [6.07, 6.45) is 1.76. The maximum atomic E-state index is 12.3. The SMILES string of the molecule is O=C(COc1ccc(/C=C2\SC(=Nc3ccc(Cl)cc3)NC2=O)cc1)Nc1ccc(Cl)c(Cl)c1. The molecule has 1 heterocycles. The Kier molecular flexibility index (Phi) is 7.80. The van der Waals surface area contributed by atoms with Gasteiger partial charge >= 0.3 is 0 Å². The van der Waals surface area contributed by atoms with Crippen LogP contribution in [0.25, 0.3) is 6.08 Å². The van der Waals surface area contributed by atoms with E-state index in [9.17, 15) is 9.59 Å². The Morgan fingerprint density at radius 1 is 1.00 bits per heavy atom. The van der Waals surface area contributed by atoms with Gasteiger partial charge < -0.3 is 15.4 Å². The van der Waals surface area contributed by atoms with Crippen LogP contribution >= 0.6 is 46.6 Å². The minimum absolute atomic E-state index is 0.177. The third kappa shape index (κ3) is 6.55. The van der Waals surface area contributed by atoms with Gasteiger partial charge in [-0.2, -0.15) is 0 Å². The Balaban J connectivity index is 1.33. The summed E-state index contributed by atoms with van der Waals surface area (Å²) in [5.74, 6) is -0.0481. The Hall–Kier alpha value is -2.97. The highest BCUT2D eigenvalue weighted by Gasteiger charge is 2.23. The van der Waals surface area contributed by atoms with Crippen molar-refractivity contribution < 1.29 is 14.3 Å². The standard InChI is InChI=1S/C24H16Cl3N3O3S/c25-15-3-5-16(6-4-15)29-24-30-23(32)21(34-24)11-14-1-8-18(9-2-14)33-13-22(31)28-17-7-10-19(26)20(27)12-17/h1-12H,13H2,(H,28,31)(H,29,30,32)/b21-11-. The summed E-state index contributed by atoms with van der Waals surface area (Å²) in [6.45, 7) is -0.177. The van der Waals surface area contributed by atoms with Crippen LogP contribution in [0.2, 0.25) is 15.1 Å². The monoisotopic (exact) mass is 531 g/mol. The van der Waals surface area contributed by atoms with Crippen LogP contribution in [0.15, 0.2) is 76.6 Å². The largest absolute Gasteiger partial charge is 0.484 e. The highest BCUT2D eigenvalue weighted by Crippen LogP contribution is 2.29. The van der Waals surface area contributed by atoms with Crippen molar-refractivity contribution in [2.45, 2.75) is 0 Å². The molecule has 1 fully saturated rings. The average Bonchev–Trinajstić information content (AvgIpc) is 3.16. The van der Waals surface area contributed by atoms with Gasteiger partial charge in [0, 0.05) is 10.7 Å². The number of carbonyl (C=O) groups is 2. The van der Waals surface area contributed by atoms with Crippen LogP contribution in [0, 0.1) is 0 Å². The van der Waals surface area contributed by atoms with Crippen molar-refractivity contribution in [3.8, 4) is 5.75 Å². The van der Waals surface area contributed by atoms with E-state index in [0.29, 0.717) is 42.3 Å². The summed E-state index contributed by atoms with van der Waals surface area (Å²) < 4.78 is 5.53. The quantitative estimate of drug-likeness (QED) is 0.353. The van der Waals surface area contributed by atoms with E-state index in [1.807, 2.05) is 0 Å². The molecule has 3 aromatic carbocycles. The summed E-state index contributed by atoms with van der Waals surface area (Å²) in [4.78, 5) is 29.3. The minimum atomic E-state index is -0.337. The van der Waals surface area contributed by atoms with Gasteiger partial charge in [-0.05, 0) is 78.0 Å². The van der Waals surface area contributed by atoms with E-state index in [4.69, 9.17) is 39.5 Å². The van der Waals surface area contributed by atoms with E-state index >= 15 is 0 Å². The first kappa shape index (κ1) is 24.2. The van der Waals surface area contributed by atoms with Crippen LogP contribution in [0.5, 0.6) is 5.75 Å². The van der Waals surface area contributed by atoms with Crippen LogP contribution in [0.4, 0.5) is 11.4 Å². The number of ether oxygens (including phenoxy) is 1. The van der Waals surface area contributed by atoms with E-state index in [1.54, 1.807) is 72.8 Å². The number of benzene rings is 3. The fraction of sp³-hybridized carbons (Fsp3) is 0.0417. The number of thioether (sulfide) groups is 1. The number of amides is 2. The van der Waals surface area contributed by atoms with Crippen molar-refractivity contribution in [1.82, 2.24) is 5.32 Å². The topological polar surface area (TPSA) is 79.8 Å². The lowest BCUT2D eigenvalue weighted by Gasteiger charge is -2.08. The molecule has 0 radical (unpaired) electrons. The number of halogens is 3. The van der Waals surface area contributed by atoms with Crippen LogP contribution in [-0.4, -0.2) is 23.6 Å². The second kappa shape index (κ2) is 11.0. The number of hydrogen-bond donors (Lipinski definition) is 2. The molecule has 172 valence electrons. The minimum Gasteiger partial charge on any atom is -0.484 e. The van der Waals surface area contributed by atoms with Crippen molar-refractivity contribution in [1.29, 1.82) is 0 Å². The van der Waals surface area contributed by atoms with Crippen molar-refractivity contribution in [2.24, 2.45) is 4.99 Å². The summed E-state index contributed by atoms with van der Waals surface area (Å²) in [7, 11) is 0. The number of hydrogen-bond acceptors (Lipinski definition) is 5. The van der Waals surface area contributed by atoms with Crippen molar-refractivity contribution in [3.05, 3.63) is 92.3 Å². The molecule has 0 aromatic heterocycles. The molecule has 1 aliphatic rings. The number of anilines is 1. The number of carbonyl (C=O) groups excluding carboxylic acids is 2. The highest BCUT2D eigenvalue weighted by atomic mass is 35.5. The van der Waals surface area contributed by atoms with Gasteiger partial charge in [0.2, 0.25) is 0 Å². The van der Waals surface area contributed by atoms with Gasteiger partial charge in [-0.15, -0.1) is 0 Å². The van der Waals surface area contributed by atoms with Crippen molar-refractivity contribution in [2.75, 3.05) is 11.9 Å². The average molecular weight is 533 g/mol. The maximum absolute atomic E-state index is 12.3. The van der Waals surface area contributed by atoms with Crippen LogP contribution in [-0.2, 0) is 9.59 Å². The number of nitrogens with one attached hydrogen (secondary N) is 2. The normalized spacial score (nSPS) is 15.4. The molecule has 4 rings (SSSR count). The molecule has 2 N–H and O–H groups in total. The maximum Gasteiger partial charge on any atom is 0.264 e. The zero-order valence-corrected chi connectivity index (χ0v) is 20.4. The number of amidine groups is 1. The second-order valence-corrected chi connectivity index (χ2v) is 9.27. The van der Waals surface area contributed by atoms with E-state index in [-0.39, 0.29) is 18.4 Å². The zero-order chi connectivity index (χ0) is 24.1. The van der Waals surface area contributed by atoms with Gasteiger partial charge in [-0.25, -0.2) is 4.99 Å². The second-order valence-electron chi connectivity index (χ2n) is 6.99. The molecule has 1 saturated heterocycles. The fourth-order valence-corrected chi connectivity index (χ4v) is 4.11. The Labute approximate surface area is 215 Å². The lowest BCUT2D eigenvalue weighted by molar-refractivity contribution is -0.118. The zero-order valence-electron chi connectivity index (χ0n) is 17.3. The predicted molar refractivity (Wildman–Crippen MR) is 139 cm³/mol. The molecule has 0 atom stereocenters. The van der Waals surface area contributed by atoms with Gasteiger partial charge in [0.15, 0.2) is 11.8 Å². The molecule has 0 saturated carbocycles. The van der Waals surface area contributed by atoms with Gasteiger partial charge in [-0.1, -0.05) is 46.9 Å². The van der Waals surface area contributed by atoms with E-state index < -0.39 is 0 Å². The first-order chi connectivity index (χ1) is 16.4. The number of nitrogens with zero attached hydrogens (tertiary/aromatic N) is 1. The van der Waals surface area contributed by atoms with Crippen LogP contribution < -0.4 is 15.4 Å². The third-order valence-electron chi connectivity index (χ3n) is 4.46. The van der Waals surface area contributed by atoms with E-state index in [1.165, 1.54) is 11.8 Å². The summed E-state index contributed by atoms with van der Waals surface area (Å²) in [5, 5.41) is 7.30. The first-order valence-corrected chi connectivity index (χ1v) is 11.8. The van der Waals surface area contributed by atoms with Gasteiger partial charge in [0.1, 0.15) is 5.75 Å². The molecule has 0 aliphatic carbocycles. The van der Waals surface area contributed by atoms with E-state index in [0.717, 1.165) is 5.56 Å². The predicted octanol–water partition coefficient (Wildman–Crippen LogP) is 6.56. The third-order valence-corrected chi connectivity index (χ3v) is 6.36. The smallest absolute Gasteiger partial charge is 0.264 e. The Morgan fingerprint density at radius 3 is 2.44 bits per heavy atom. The lowest BCUT2D eigenvalue weighted by atomic mass is 10.2. The first-order valence-electron chi connectivity index (χ1n) is 9.89. The van der Waals surface area contributed by atoms with Crippen LogP contribution in [0.1, 0.15) is 5.56 Å². The summed E-state index contributed by atoms with van der Waals surface area (Å²) >= 11 is 19.0. The molecule has 10 heteroatoms. The van der Waals surface area contributed by atoms with Crippen molar-refractivity contribution >= 4 is 81.0 Å². The summed E-state index contributed by atoms with van der Waals surface area (Å²) in [5.41, 5.74) is 2.02. The molecular weight excluding hydrogens is 517 g/mol. The molecule has 0 unspecified atom stereocenters. The lowest BCUT2D eigenvalue weighted by Crippen LogP contribution is -2.20. The molecule has 0 spiro atoms. The number of rotatable bonds is 6. The van der Waals surface area contributed by atoms with Gasteiger partial charge in [-0.3, -0.25) is 9.59 Å². The Morgan fingerprint density at radius 2 is 1.74 bits per heavy atom. The molecule has 3 aromatic rings. The summed E-state index contributed by atoms with van der Waals surface area (Å²) in [6, 6.07) is 18.9. The highest BCUT2D eigenvalue weighted by molar-refractivity contribution is 8.18. The Bertz CT molecular complexity index is 1290. The van der Waals surface area contributed by atoms with E-state index in [2.05, 4.69) is 15.6 Å². The molecule has 6 nitrogen and oxygen atoms in total. The van der Waals surface area contributed by atoms with Crippen molar-refractivity contribution in [3.63, 3.8) is 0 Å². The molecule has 2 amide bonds. The molecule has 1 aliphatic heterocycles. The number of aliphatic imine (C=N–C) groups is 1. The van der Waals surface area contributed by atoms with Gasteiger partial charge in [0.25, 0.3) is 11.8 Å². The molecular formula is C24H16Cl3N3O3S. The van der Waals surface area contributed by atoms with Gasteiger partial charge in [0.05, 0.1) is 20.6 Å².